The Morgan fingerprint density at radius 1 is 1.56 bits per heavy atom. The van der Waals surface area contributed by atoms with Crippen molar-refractivity contribution in [3.8, 4) is 5.75 Å². The van der Waals surface area contributed by atoms with Gasteiger partial charge in [-0.1, -0.05) is 22.0 Å². The maximum atomic E-state index is 11.1. The van der Waals surface area contributed by atoms with Gasteiger partial charge in [-0.15, -0.1) is 0 Å². The Hall–Kier alpha value is -1.07. The van der Waals surface area contributed by atoms with Gasteiger partial charge in [0.15, 0.2) is 0 Å². The molecular weight excluding hydrogens is 298 g/mol. The van der Waals surface area contributed by atoms with Gasteiger partial charge in [-0.2, -0.15) is 0 Å². The van der Waals surface area contributed by atoms with Crippen LogP contribution in [0.2, 0.25) is 0 Å². The van der Waals surface area contributed by atoms with E-state index in [4.69, 9.17) is 9.84 Å². The van der Waals surface area contributed by atoms with Crippen LogP contribution in [-0.4, -0.2) is 30.8 Å². The molecule has 2 N–H and O–H groups in total. The maximum absolute atomic E-state index is 11.1. The number of methoxy groups -OCH3 is 1. The van der Waals surface area contributed by atoms with Gasteiger partial charge in [-0.25, -0.2) is 0 Å². The molecule has 0 fully saturated rings. The van der Waals surface area contributed by atoms with Gasteiger partial charge in [0.25, 0.3) is 0 Å². The first-order valence-corrected chi connectivity index (χ1v) is 6.62. The summed E-state index contributed by atoms with van der Waals surface area (Å²) in [4.78, 5) is 11.1. The minimum atomic E-state index is -0.952. The second-order valence-electron chi connectivity index (χ2n) is 4.03. The van der Waals surface area contributed by atoms with E-state index in [0.717, 1.165) is 28.6 Å². The molecule has 0 aliphatic carbocycles. The van der Waals surface area contributed by atoms with Gasteiger partial charge in [-0.3, -0.25) is 4.79 Å². The molecule has 1 aromatic carbocycles. The lowest BCUT2D eigenvalue weighted by Gasteiger charge is -2.10. The number of ether oxygens (including phenoxy) is 1. The smallest absolute Gasteiger partial charge is 0.248 e. The van der Waals surface area contributed by atoms with Gasteiger partial charge in [0, 0.05) is 11.0 Å². The van der Waals surface area contributed by atoms with E-state index in [-0.39, 0.29) is 5.91 Å². The quantitative estimate of drug-likeness (QED) is 0.788. The van der Waals surface area contributed by atoms with E-state index in [9.17, 15) is 4.79 Å². The molecule has 4 nitrogen and oxygen atoms in total. The number of nitrogens with one attached hydrogen (secondary N) is 1. The summed E-state index contributed by atoms with van der Waals surface area (Å²) < 4.78 is 6.26. The van der Waals surface area contributed by atoms with Crippen molar-refractivity contribution in [2.75, 3.05) is 13.7 Å². The lowest BCUT2D eigenvalue weighted by atomic mass is 10.1. The van der Waals surface area contributed by atoms with Crippen molar-refractivity contribution in [3.63, 3.8) is 0 Å². The molecule has 1 unspecified atom stereocenters. The normalized spacial score (nSPS) is 12.0. The van der Waals surface area contributed by atoms with Crippen molar-refractivity contribution >= 4 is 21.8 Å². The zero-order chi connectivity index (χ0) is 13.5. The van der Waals surface area contributed by atoms with Crippen molar-refractivity contribution in [1.29, 1.82) is 0 Å². The van der Waals surface area contributed by atoms with Crippen molar-refractivity contribution in [2.45, 2.75) is 25.9 Å². The van der Waals surface area contributed by atoms with E-state index < -0.39 is 6.10 Å². The SMILES string of the molecule is COc1cc(Br)ccc1CCCNC(=O)C(C)O. The highest BCUT2D eigenvalue weighted by Gasteiger charge is 2.07. The fraction of sp³-hybridized carbons (Fsp3) is 0.462. The van der Waals surface area contributed by atoms with E-state index in [2.05, 4.69) is 21.2 Å². The first-order valence-electron chi connectivity index (χ1n) is 5.82. The van der Waals surface area contributed by atoms with Crippen molar-refractivity contribution in [2.24, 2.45) is 0 Å². The lowest BCUT2D eigenvalue weighted by molar-refractivity contribution is -0.128. The van der Waals surface area contributed by atoms with E-state index >= 15 is 0 Å². The van der Waals surface area contributed by atoms with Crippen LogP contribution in [0.15, 0.2) is 22.7 Å². The fourth-order valence-electron chi connectivity index (χ4n) is 1.56. The molecule has 1 amide bonds. The summed E-state index contributed by atoms with van der Waals surface area (Å²) in [6, 6.07) is 5.88. The van der Waals surface area contributed by atoms with Gasteiger partial charge in [0.2, 0.25) is 5.91 Å². The number of rotatable bonds is 6. The number of benzene rings is 1. The van der Waals surface area contributed by atoms with Crippen LogP contribution < -0.4 is 10.1 Å². The highest BCUT2D eigenvalue weighted by Crippen LogP contribution is 2.24. The molecule has 1 rings (SSSR count). The molecule has 5 heteroatoms. The second-order valence-corrected chi connectivity index (χ2v) is 4.94. The number of carbonyl (C=O) groups excluding carboxylic acids is 1. The minimum Gasteiger partial charge on any atom is -0.496 e. The van der Waals surface area contributed by atoms with Crippen molar-refractivity contribution < 1.29 is 14.6 Å². The topological polar surface area (TPSA) is 58.6 Å². The van der Waals surface area contributed by atoms with Gasteiger partial charge in [0.1, 0.15) is 11.9 Å². The third-order valence-corrected chi connectivity index (χ3v) is 3.04. The zero-order valence-corrected chi connectivity index (χ0v) is 12.2. The summed E-state index contributed by atoms with van der Waals surface area (Å²) in [5.41, 5.74) is 1.10. The summed E-state index contributed by atoms with van der Waals surface area (Å²) in [5.74, 6) is 0.504. The number of hydrogen-bond donors (Lipinski definition) is 2. The molecule has 1 aromatic rings. The predicted octanol–water partition coefficient (Wildman–Crippen LogP) is 1.89. The fourth-order valence-corrected chi connectivity index (χ4v) is 1.90. The van der Waals surface area contributed by atoms with E-state index in [1.54, 1.807) is 7.11 Å². The second kappa shape index (κ2) is 7.38. The molecule has 18 heavy (non-hydrogen) atoms. The molecule has 0 bridgehead atoms. The molecule has 100 valence electrons. The van der Waals surface area contributed by atoms with Gasteiger partial charge < -0.3 is 15.2 Å². The number of carbonyl (C=O) groups is 1. The lowest BCUT2D eigenvalue weighted by Crippen LogP contribution is -2.33. The number of aliphatic hydroxyl groups is 1. The molecule has 0 aliphatic heterocycles. The van der Waals surface area contributed by atoms with E-state index in [0.29, 0.717) is 6.54 Å². The highest BCUT2D eigenvalue weighted by molar-refractivity contribution is 9.10. The number of halogens is 1. The van der Waals surface area contributed by atoms with Crippen LogP contribution >= 0.6 is 15.9 Å². The average molecular weight is 316 g/mol. The van der Waals surface area contributed by atoms with Gasteiger partial charge in [-0.05, 0) is 37.5 Å². The third-order valence-electron chi connectivity index (χ3n) is 2.55. The van der Waals surface area contributed by atoms with Crippen molar-refractivity contribution in [1.82, 2.24) is 5.32 Å². The summed E-state index contributed by atoms with van der Waals surface area (Å²) in [6.45, 7) is 2.00. The van der Waals surface area contributed by atoms with Crippen LogP contribution in [0.4, 0.5) is 0 Å². The van der Waals surface area contributed by atoms with Crippen LogP contribution in [-0.2, 0) is 11.2 Å². The Kier molecular flexibility index (Phi) is 6.15. The van der Waals surface area contributed by atoms with E-state index in [1.165, 1.54) is 6.92 Å². The Morgan fingerprint density at radius 2 is 2.28 bits per heavy atom. The maximum Gasteiger partial charge on any atom is 0.248 e. The van der Waals surface area contributed by atoms with Crippen LogP contribution in [0.5, 0.6) is 5.75 Å². The summed E-state index contributed by atoms with van der Waals surface area (Å²) in [6.07, 6.45) is 0.666. The number of hydrogen-bond acceptors (Lipinski definition) is 3. The number of aliphatic hydroxyl groups excluding tert-OH is 1. The number of aryl methyl sites for hydroxylation is 1. The Balaban J connectivity index is 2.42. The van der Waals surface area contributed by atoms with E-state index in [1.807, 2.05) is 18.2 Å². The molecular formula is C13H18BrNO3. The van der Waals surface area contributed by atoms with Crippen molar-refractivity contribution in [3.05, 3.63) is 28.2 Å². The minimum absolute atomic E-state index is 0.335. The summed E-state index contributed by atoms with van der Waals surface area (Å²) in [7, 11) is 1.64. The van der Waals surface area contributed by atoms with Gasteiger partial charge in [0.05, 0.1) is 7.11 Å². The Bertz CT molecular complexity index is 407. The third kappa shape index (κ3) is 4.66. The summed E-state index contributed by atoms with van der Waals surface area (Å²) in [5, 5.41) is 11.7. The van der Waals surface area contributed by atoms with Crippen LogP contribution in [0.1, 0.15) is 18.9 Å². The van der Waals surface area contributed by atoms with Crippen LogP contribution in [0, 0.1) is 0 Å². The molecule has 0 aliphatic rings. The molecule has 0 saturated heterocycles. The molecule has 0 radical (unpaired) electrons. The highest BCUT2D eigenvalue weighted by atomic mass is 79.9. The van der Waals surface area contributed by atoms with Crippen LogP contribution in [0.3, 0.4) is 0 Å². The zero-order valence-electron chi connectivity index (χ0n) is 10.6. The van der Waals surface area contributed by atoms with Crippen LogP contribution in [0.25, 0.3) is 0 Å². The Morgan fingerprint density at radius 3 is 2.89 bits per heavy atom. The molecule has 0 heterocycles. The largest absolute Gasteiger partial charge is 0.496 e. The molecule has 0 aromatic heterocycles. The average Bonchev–Trinajstić information content (AvgIpc) is 2.35. The number of amides is 1. The predicted molar refractivity (Wildman–Crippen MR) is 73.7 cm³/mol. The summed E-state index contributed by atoms with van der Waals surface area (Å²) >= 11 is 3.39. The Labute approximate surface area is 115 Å². The molecule has 0 saturated carbocycles. The molecule has 1 atom stereocenters. The first-order chi connectivity index (χ1) is 8.54. The first kappa shape index (κ1) is 15.0. The standard InChI is InChI=1S/C13H18BrNO3/c1-9(16)13(17)15-7-3-4-10-5-6-11(14)8-12(10)18-2/h5-6,8-9,16H,3-4,7H2,1-2H3,(H,15,17). The monoisotopic (exact) mass is 315 g/mol. The molecule has 0 spiro atoms. The van der Waals surface area contributed by atoms with Gasteiger partial charge >= 0.3 is 0 Å².